The first-order valence-corrected chi connectivity index (χ1v) is 5.30. The summed E-state index contributed by atoms with van der Waals surface area (Å²) in [5.74, 6) is 0.670. The van der Waals surface area contributed by atoms with Crippen molar-refractivity contribution in [3.8, 4) is 0 Å². The number of piperazine rings is 1. The van der Waals surface area contributed by atoms with Gasteiger partial charge in [0, 0.05) is 6.54 Å². The second-order valence-corrected chi connectivity index (χ2v) is 4.20. The molecule has 1 heterocycles. The number of hydrogen-bond acceptors (Lipinski definition) is 2. The number of carbonyl (C=O) groups excluding carboxylic acids is 2. The van der Waals surface area contributed by atoms with E-state index >= 15 is 0 Å². The highest BCUT2D eigenvalue weighted by Crippen LogP contribution is 2.25. The number of rotatable bonds is 2. The molecule has 0 atom stereocenters. The van der Waals surface area contributed by atoms with Gasteiger partial charge in [-0.1, -0.05) is 12.8 Å². The lowest BCUT2D eigenvalue weighted by Crippen LogP contribution is -2.52. The van der Waals surface area contributed by atoms with Crippen LogP contribution in [0.5, 0.6) is 0 Å². The molecule has 14 heavy (non-hydrogen) atoms. The maximum absolute atomic E-state index is 11.4. The molecule has 2 fully saturated rings. The van der Waals surface area contributed by atoms with E-state index in [2.05, 4.69) is 5.32 Å². The minimum atomic E-state index is -0.0254. The summed E-state index contributed by atoms with van der Waals surface area (Å²) in [5, 5.41) is 2.56. The summed E-state index contributed by atoms with van der Waals surface area (Å²) >= 11 is 0. The second-order valence-electron chi connectivity index (χ2n) is 4.20. The van der Waals surface area contributed by atoms with Crippen LogP contribution in [0.25, 0.3) is 0 Å². The highest BCUT2D eigenvalue weighted by Gasteiger charge is 2.26. The molecule has 2 amide bonds. The van der Waals surface area contributed by atoms with Crippen LogP contribution in [-0.2, 0) is 9.59 Å². The van der Waals surface area contributed by atoms with Gasteiger partial charge in [0.25, 0.3) is 0 Å². The first kappa shape index (κ1) is 9.49. The molecule has 4 heteroatoms. The molecule has 2 aliphatic rings. The lowest BCUT2D eigenvalue weighted by Gasteiger charge is -2.28. The molecule has 4 nitrogen and oxygen atoms in total. The summed E-state index contributed by atoms with van der Waals surface area (Å²) in [6, 6.07) is 0. The summed E-state index contributed by atoms with van der Waals surface area (Å²) in [5.41, 5.74) is 0. The normalized spacial score (nSPS) is 24.1. The minimum absolute atomic E-state index is 0.0254. The predicted octanol–water partition coefficient (Wildman–Crippen LogP) is 0.135. The molecule has 2 rings (SSSR count). The van der Waals surface area contributed by atoms with E-state index in [0.717, 1.165) is 6.54 Å². The molecule has 0 bridgehead atoms. The third-order valence-corrected chi connectivity index (χ3v) is 3.08. The van der Waals surface area contributed by atoms with Crippen LogP contribution < -0.4 is 5.32 Å². The zero-order valence-corrected chi connectivity index (χ0v) is 8.29. The molecular formula is C10H16N2O2. The third-order valence-electron chi connectivity index (χ3n) is 3.08. The Hall–Kier alpha value is -1.06. The Morgan fingerprint density at radius 2 is 2.00 bits per heavy atom. The fourth-order valence-electron chi connectivity index (χ4n) is 2.27. The molecule has 1 saturated heterocycles. The zero-order valence-electron chi connectivity index (χ0n) is 8.29. The molecule has 1 aliphatic carbocycles. The van der Waals surface area contributed by atoms with Crippen molar-refractivity contribution < 1.29 is 9.59 Å². The van der Waals surface area contributed by atoms with E-state index < -0.39 is 0 Å². The Bertz CT molecular complexity index is 247. The molecule has 1 aliphatic heterocycles. The molecule has 78 valence electrons. The third kappa shape index (κ3) is 2.05. The quantitative estimate of drug-likeness (QED) is 0.682. The van der Waals surface area contributed by atoms with Crippen LogP contribution in [0.2, 0.25) is 0 Å². The summed E-state index contributed by atoms with van der Waals surface area (Å²) < 4.78 is 0. The van der Waals surface area contributed by atoms with E-state index in [1.165, 1.54) is 25.7 Å². The zero-order chi connectivity index (χ0) is 9.97. The van der Waals surface area contributed by atoms with E-state index in [1.54, 1.807) is 4.90 Å². The molecule has 1 N–H and O–H groups in total. The van der Waals surface area contributed by atoms with E-state index in [4.69, 9.17) is 0 Å². The number of nitrogens with one attached hydrogen (secondary N) is 1. The fraction of sp³-hybridized carbons (Fsp3) is 0.800. The highest BCUT2D eigenvalue weighted by molar-refractivity contribution is 5.92. The van der Waals surface area contributed by atoms with Crippen LogP contribution in [0.4, 0.5) is 0 Å². The Balaban J connectivity index is 1.88. The van der Waals surface area contributed by atoms with Crippen molar-refractivity contribution in [1.82, 2.24) is 10.2 Å². The average molecular weight is 196 g/mol. The van der Waals surface area contributed by atoms with Crippen LogP contribution in [0.1, 0.15) is 25.7 Å². The number of hydrogen-bond donors (Lipinski definition) is 1. The molecule has 0 aromatic heterocycles. The largest absolute Gasteiger partial charge is 0.345 e. The predicted molar refractivity (Wildman–Crippen MR) is 51.5 cm³/mol. The average Bonchev–Trinajstić information content (AvgIpc) is 2.64. The van der Waals surface area contributed by atoms with Crippen LogP contribution in [0, 0.1) is 5.92 Å². The molecule has 0 aromatic carbocycles. The van der Waals surface area contributed by atoms with Gasteiger partial charge in [0.1, 0.15) is 0 Å². The first-order chi connectivity index (χ1) is 6.75. The van der Waals surface area contributed by atoms with Gasteiger partial charge in [-0.15, -0.1) is 0 Å². The van der Waals surface area contributed by atoms with Gasteiger partial charge in [0.05, 0.1) is 13.1 Å². The molecule has 1 saturated carbocycles. The van der Waals surface area contributed by atoms with Crippen LogP contribution in [0.15, 0.2) is 0 Å². The molecule has 0 aromatic rings. The summed E-state index contributed by atoms with van der Waals surface area (Å²) in [7, 11) is 0. The van der Waals surface area contributed by atoms with Crippen molar-refractivity contribution in [1.29, 1.82) is 0 Å². The summed E-state index contributed by atoms with van der Waals surface area (Å²) in [4.78, 5) is 24.2. The maximum Gasteiger partial charge on any atom is 0.242 e. The van der Waals surface area contributed by atoms with Crippen LogP contribution in [0.3, 0.4) is 0 Å². The molecule has 0 spiro atoms. The fourth-order valence-corrected chi connectivity index (χ4v) is 2.27. The van der Waals surface area contributed by atoms with E-state index in [9.17, 15) is 9.59 Å². The SMILES string of the molecule is O=C1CN(CC2CCCC2)C(=O)CN1. The lowest BCUT2D eigenvalue weighted by molar-refractivity contribution is -0.141. The Labute approximate surface area is 83.6 Å². The van der Waals surface area contributed by atoms with Crippen LogP contribution in [-0.4, -0.2) is 36.3 Å². The monoisotopic (exact) mass is 196 g/mol. The molecular weight excluding hydrogens is 180 g/mol. The van der Waals surface area contributed by atoms with Crippen molar-refractivity contribution in [3.05, 3.63) is 0 Å². The van der Waals surface area contributed by atoms with Gasteiger partial charge < -0.3 is 10.2 Å². The standard InChI is InChI=1S/C10H16N2O2/c13-9-7-12(10(14)5-11-9)6-8-3-1-2-4-8/h8H,1-7H2,(H,11,13). The number of nitrogens with zero attached hydrogens (tertiary/aromatic N) is 1. The number of amides is 2. The van der Waals surface area contributed by atoms with Crippen molar-refractivity contribution in [2.24, 2.45) is 5.92 Å². The first-order valence-electron chi connectivity index (χ1n) is 5.30. The van der Waals surface area contributed by atoms with Crippen molar-refractivity contribution in [3.63, 3.8) is 0 Å². The van der Waals surface area contributed by atoms with Crippen molar-refractivity contribution in [2.75, 3.05) is 19.6 Å². The Kier molecular flexibility index (Phi) is 2.70. The topological polar surface area (TPSA) is 49.4 Å². The van der Waals surface area contributed by atoms with Gasteiger partial charge in [0.15, 0.2) is 0 Å². The van der Waals surface area contributed by atoms with Crippen molar-refractivity contribution in [2.45, 2.75) is 25.7 Å². The second kappa shape index (κ2) is 3.98. The smallest absolute Gasteiger partial charge is 0.242 e. The maximum atomic E-state index is 11.4. The van der Waals surface area contributed by atoms with E-state index in [0.29, 0.717) is 5.92 Å². The van der Waals surface area contributed by atoms with Gasteiger partial charge in [0.2, 0.25) is 11.8 Å². The van der Waals surface area contributed by atoms with Gasteiger partial charge in [-0.3, -0.25) is 9.59 Å². The Morgan fingerprint density at radius 3 is 2.71 bits per heavy atom. The van der Waals surface area contributed by atoms with Gasteiger partial charge in [-0.05, 0) is 18.8 Å². The van der Waals surface area contributed by atoms with Gasteiger partial charge >= 0.3 is 0 Å². The van der Waals surface area contributed by atoms with Crippen molar-refractivity contribution >= 4 is 11.8 Å². The molecule has 0 radical (unpaired) electrons. The Morgan fingerprint density at radius 1 is 1.29 bits per heavy atom. The lowest BCUT2D eigenvalue weighted by atomic mass is 10.1. The van der Waals surface area contributed by atoms with Crippen LogP contribution >= 0.6 is 0 Å². The highest BCUT2D eigenvalue weighted by atomic mass is 16.2. The summed E-state index contributed by atoms with van der Waals surface area (Å²) in [6.45, 7) is 1.23. The van der Waals surface area contributed by atoms with E-state index in [1.807, 2.05) is 0 Å². The minimum Gasteiger partial charge on any atom is -0.345 e. The van der Waals surface area contributed by atoms with Gasteiger partial charge in [-0.25, -0.2) is 0 Å². The number of carbonyl (C=O) groups is 2. The van der Waals surface area contributed by atoms with Gasteiger partial charge in [-0.2, -0.15) is 0 Å². The van der Waals surface area contributed by atoms with E-state index in [-0.39, 0.29) is 24.9 Å². The molecule has 0 unspecified atom stereocenters. The summed E-state index contributed by atoms with van der Waals surface area (Å²) in [6.07, 6.45) is 4.98.